The van der Waals surface area contributed by atoms with Crippen LogP contribution in [0.15, 0.2) is 6.07 Å². The third-order valence-corrected chi connectivity index (χ3v) is 3.12. The van der Waals surface area contributed by atoms with Crippen LogP contribution in [0.25, 0.3) is 0 Å². The lowest BCUT2D eigenvalue weighted by molar-refractivity contribution is 0.0972. The Morgan fingerprint density at radius 1 is 1.29 bits per heavy atom. The zero-order valence-electron chi connectivity index (χ0n) is 7.31. The Labute approximate surface area is 91.4 Å². The molecule has 1 aromatic carbocycles. The molecule has 0 atom stereocenters. The molecule has 4 heteroatoms. The van der Waals surface area contributed by atoms with Gasteiger partial charge in [0.25, 0.3) is 0 Å². The van der Waals surface area contributed by atoms with Gasteiger partial charge in [-0.1, -0.05) is 23.2 Å². The Bertz CT molecular complexity index is 413. The van der Waals surface area contributed by atoms with E-state index in [0.717, 1.165) is 18.4 Å². The molecule has 1 aliphatic rings. The molecular weight excluding hydrogens is 223 g/mol. The maximum atomic E-state index is 11.5. The molecule has 0 amide bonds. The van der Waals surface area contributed by atoms with E-state index in [1.165, 1.54) is 6.07 Å². The topological polar surface area (TPSA) is 37.3 Å². The summed E-state index contributed by atoms with van der Waals surface area (Å²) in [4.78, 5) is 11.5. The highest BCUT2D eigenvalue weighted by Gasteiger charge is 2.23. The van der Waals surface area contributed by atoms with Crippen LogP contribution in [-0.4, -0.2) is 10.9 Å². The first-order chi connectivity index (χ1) is 6.61. The van der Waals surface area contributed by atoms with Crippen LogP contribution in [0.5, 0.6) is 5.75 Å². The van der Waals surface area contributed by atoms with Gasteiger partial charge < -0.3 is 5.11 Å². The van der Waals surface area contributed by atoms with E-state index in [4.69, 9.17) is 23.2 Å². The number of Topliss-reactive ketones (excluding diaryl/α,β-unsaturated/α-hetero) is 1. The summed E-state index contributed by atoms with van der Waals surface area (Å²) in [5, 5.41) is 9.84. The number of aromatic hydroxyl groups is 1. The molecule has 74 valence electrons. The Morgan fingerprint density at radius 3 is 2.71 bits per heavy atom. The van der Waals surface area contributed by atoms with E-state index in [9.17, 15) is 9.90 Å². The maximum Gasteiger partial charge on any atom is 0.163 e. The number of halogens is 2. The van der Waals surface area contributed by atoms with Crippen LogP contribution < -0.4 is 0 Å². The fraction of sp³-hybridized carbons (Fsp3) is 0.300. The molecule has 0 saturated carbocycles. The van der Waals surface area contributed by atoms with Gasteiger partial charge in [-0.3, -0.25) is 4.79 Å². The minimum Gasteiger partial charge on any atom is -0.505 e. The van der Waals surface area contributed by atoms with Gasteiger partial charge in [0.05, 0.1) is 10.0 Å². The second-order valence-electron chi connectivity index (χ2n) is 3.32. The van der Waals surface area contributed by atoms with Crippen molar-refractivity contribution in [2.45, 2.75) is 19.3 Å². The van der Waals surface area contributed by atoms with Crippen molar-refractivity contribution in [3.63, 3.8) is 0 Å². The summed E-state index contributed by atoms with van der Waals surface area (Å²) in [5.41, 5.74) is 1.29. The first kappa shape index (κ1) is 9.81. The summed E-state index contributed by atoms with van der Waals surface area (Å²) in [6.07, 6.45) is 2.04. The number of carbonyl (C=O) groups is 1. The molecule has 0 unspecified atom stereocenters. The number of benzene rings is 1. The highest BCUT2D eigenvalue weighted by molar-refractivity contribution is 6.38. The highest BCUT2D eigenvalue weighted by atomic mass is 35.5. The van der Waals surface area contributed by atoms with Gasteiger partial charge >= 0.3 is 0 Å². The van der Waals surface area contributed by atoms with Crippen molar-refractivity contribution in [2.75, 3.05) is 0 Å². The average Bonchev–Trinajstić information content (AvgIpc) is 2.17. The van der Waals surface area contributed by atoms with Gasteiger partial charge in [0.1, 0.15) is 0 Å². The summed E-state index contributed by atoms with van der Waals surface area (Å²) < 4.78 is 0. The second kappa shape index (κ2) is 3.44. The van der Waals surface area contributed by atoms with Gasteiger partial charge in [-0.05, 0) is 24.5 Å². The van der Waals surface area contributed by atoms with Crippen molar-refractivity contribution in [1.29, 1.82) is 0 Å². The number of hydrogen-bond donors (Lipinski definition) is 1. The molecule has 2 nitrogen and oxygen atoms in total. The van der Waals surface area contributed by atoms with Crippen molar-refractivity contribution in [3.05, 3.63) is 27.2 Å². The first-order valence-electron chi connectivity index (χ1n) is 4.34. The predicted molar refractivity (Wildman–Crippen MR) is 55.4 cm³/mol. The Kier molecular flexibility index (Phi) is 2.41. The fourth-order valence-electron chi connectivity index (χ4n) is 1.70. The van der Waals surface area contributed by atoms with Gasteiger partial charge in [-0.2, -0.15) is 0 Å². The molecular formula is C10H8Cl2O2. The highest BCUT2D eigenvalue weighted by Crippen LogP contribution is 2.39. The van der Waals surface area contributed by atoms with Crippen LogP contribution >= 0.6 is 23.2 Å². The first-order valence-corrected chi connectivity index (χ1v) is 5.10. The summed E-state index contributed by atoms with van der Waals surface area (Å²) >= 11 is 11.6. The number of fused-ring (bicyclic) bond motifs is 1. The maximum absolute atomic E-state index is 11.5. The summed E-state index contributed by atoms with van der Waals surface area (Å²) in [6.45, 7) is 0. The van der Waals surface area contributed by atoms with Crippen LogP contribution in [0.4, 0.5) is 0 Å². The number of carbonyl (C=O) groups excluding carboxylic acids is 1. The number of rotatable bonds is 0. The van der Waals surface area contributed by atoms with E-state index in [-0.39, 0.29) is 21.6 Å². The third-order valence-electron chi connectivity index (χ3n) is 2.43. The lowest BCUT2D eigenvalue weighted by atomic mass is 9.90. The normalized spacial score (nSPS) is 15.4. The number of ketones is 1. The molecule has 1 aliphatic carbocycles. The molecule has 0 bridgehead atoms. The third kappa shape index (κ3) is 1.39. The smallest absolute Gasteiger partial charge is 0.163 e. The molecule has 14 heavy (non-hydrogen) atoms. The van der Waals surface area contributed by atoms with Gasteiger partial charge in [-0.15, -0.1) is 0 Å². The summed E-state index contributed by atoms with van der Waals surface area (Å²) in [7, 11) is 0. The van der Waals surface area contributed by atoms with Crippen molar-refractivity contribution in [2.24, 2.45) is 0 Å². The molecule has 0 radical (unpaired) electrons. The van der Waals surface area contributed by atoms with Crippen LogP contribution in [0.2, 0.25) is 10.0 Å². The molecule has 0 aromatic heterocycles. The van der Waals surface area contributed by atoms with Crippen LogP contribution in [0.3, 0.4) is 0 Å². The Hall–Kier alpha value is -0.730. The van der Waals surface area contributed by atoms with E-state index >= 15 is 0 Å². The fourth-order valence-corrected chi connectivity index (χ4v) is 2.25. The SMILES string of the molecule is O=C1CCCc2c1cc(Cl)c(O)c2Cl. The van der Waals surface area contributed by atoms with Gasteiger partial charge in [-0.25, -0.2) is 0 Å². The van der Waals surface area contributed by atoms with E-state index in [1.807, 2.05) is 0 Å². The molecule has 1 aromatic rings. The van der Waals surface area contributed by atoms with Crippen molar-refractivity contribution < 1.29 is 9.90 Å². The number of hydrogen-bond acceptors (Lipinski definition) is 2. The van der Waals surface area contributed by atoms with E-state index < -0.39 is 0 Å². The molecule has 1 N–H and O–H groups in total. The zero-order chi connectivity index (χ0) is 10.3. The van der Waals surface area contributed by atoms with Gasteiger partial charge in [0, 0.05) is 12.0 Å². The second-order valence-corrected chi connectivity index (χ2v) is 4.11. The molecule has 0 heterocycles. The largest absolute Gasteiger partial charge is 0.505 e. The minimum atomic E-state index is -0.123. The minimum absolute atomic E-state index is 0.0510. The van der Waals surface area contributed by atoms with Crippen molar-refractivity contribution in [3.8, 4) is 5.75 Å². The van der Waals surface area contributed by atoms with Crippen LogP contribution in [0, 0.1) is 0 Å². The average molecular weight is 231 g/mol. The predicted octanol–water partition coefficient (Wildman–Crippen LogP) is 3.22. The lowest BCUT2D eigenvalue weighted by Crippen LogP contribution is -2.11. The number of phenolic OH excluding ortho intramolecular Hbond substituents is 1. The van der Waals surface area contributed by atoms with E-state index in [1.54, 1.807) is 0 Å². The molecule has 2 rings (SSSR count). The standard InChI is InChI=1S/C10H8Cl2O2/c11-7-4-6-5(9(12)10(7)14)2-1-3-8(6)13/h4,14H,1-3H2. The van der Waals surface area contributed by atoms with Gasteiger partial charge in [0.15, 0.2) is 11.5 Å². The molecule has 0 saturated heterocycles. The van der Waals surface area contributed by atoms with Gasteiger partial charge in [0.2, 0.25) is 0 Å². The monoisotopic (exact) mass is 230 g/mol. The van der Waals surface area contributed by atoms with E-state index in [2.05, 4.69) is 0 Å². The van der Waals surface area contributed by atoms with E-state index in [0.29, 0.717) is 12.0 Å². The zero-order valence-corrected chi connectivity index (χ0v) is 8.82. The number of phenols is 1. The van der Waals surface area contributed by atoms with Crippen molar-refractivity contribution >= 4 is 29.0 Å². The van der Waals surface area contributed by atoms with Crippen LogP contribution in [-0.2, 0) is 6.42 Å². The quantitative estimate of drug-likeness (QED) is 0.744. The van der Waals surface area contributed by atoms with Crippen molar-refractivity contribution in [1.82, 2.24) is 0 Å². The Morgan fingerprint density at radius 2 is 2.00 bits per heavy atom. The molecule has 0 fully saturated rings. The summed E-state index contributed by atoms with van der Waals surface area (Å²) in [6, 6.07) is 1.50. The van der Waals surface area contributed by atoms with Crippen LogP contribution in [0.1, 0.15) is 28.8 Å². The molecule has 0 spiro atoms. The summed E-state index contributed by atoms with van der Waals surface area (Å²) in [5.74, 6) is -0.0724. The lowest BCUT2D eigenvalue weighted by Gasteiger charge is -2.17. The molecule has 0 aliphatic heterocycles. The Balaban J connectivity index is 2.69.